The molecule has 230 valence electrons. The van der Waals surface area contributed by atoms with Gasteiger partial charge in [-0.2, -0.15) is 0 Å². The summed E-state index contributed by atoms with van der Waals surface area (Å²) in [6.07, 6.45) is 50.5. The Morgan fingerprint density at radius 1 is 0.415 bits per heavy atom. The van der Waals surface area contributed by atoms with Crippen LogP contribution in [0.5, 0.6) is 0 Å². The maximum absolute atomic E-state index is 11.9. The van der Waals surface area contributed by atoms with Crippen molar-refractivity contribution in [1.82, 2.24) is 0 Å². The van der Waals surface area contributed by atoms with Crippen molar-refractivity contribution in [2.75, 3.05) is 0 Å². The highest BCUT2D eigenvalue weighted by molar-refractivity contribution is 5.85. The molecule has 0 saturated heterocycles. The number of hydrogen-bond donors (Lipinski definition) is 0. The van der Waals surface area contributed by atoms with Gasteiger partial charge in [0.05, 0.1) is 0 Å². The lowest BCUT2D eigenvalue weighted by molar-refractivity contribution is -0.159. The molecule has 0 bridgehead atoms. The fourth-order valence-corrected chi connectivity index (χ4v) is 4.04. The van der Waals surface area contributed by atoms with E-state index in [1.807, 2.05) is 0 Å². The topological polar surface area (TPSA) is 43.4 Å². The van der Waals surface area contributed by atoms with Crippen molar-refractivity contribution in [3.63, 3.8) is 0 Å². The molecule has 0 amide bonds. The van der Waals surface area contributed by atoms with Gasteiger partial charge >= 0.3 is 11.9 Å². The van der Waals surface area contributed by atoms with Gasteiger partial charge in [-0.25, -0.2) is 0 Å². The van der Waals surface area contributed by atoms with Gasteiger partial charge in [0.1, 0.15) is 0 Å². The number of esters is 2. The number of unbranched alkanes of at least 4 members (excludes halogenated alkanes) is 9. The lowest BCUT2D eigenvalue weighted by Crippen LogP contribution is -2.11. The number of allylic oxidation sites excluding steroid dienone is 14. The predicted molar refractivity (Wildman–Crippen MR) is 179 cm³/mol. The first-order chi connectivity index (χ1) is 20.2. The minimum atomic E-state index is -0.398. The molecule has 0 spiro atoms. The van der Waals surface area contributed by atoms with Gasteiger partial charge in [0, 0.05) is 12.8 Å². The van der Waals surface area contributed by atoms with Crippen molar-refractivity contribution < 1.29 is 14.3 Å². The molecule has 0 aromatic carbocycles. The monoisotopic (exact) mass is 564 g/mol. The van der Waals surface area contributed by atoms with Gasteiger partial charge in [-0.15, -0.1) is 0 Å². The first kappa shape index (κ1) is 38.3. The van der Waals surface area contributed by atoms with Crippen LogP contribution in [0.1, 0.15) is 142 Å². The van der Waals surface area contributed by atoms with Crippen LogP contribution in [0.25, 0.3) is 0 Å². The zero-order chi connectivity index (χ0) is 29.9. The Kier molecular flexibility index (Phi) is 31.3. The SMILES string of the molecule is CC/C=C\C/C=C\C/C=C\CCCCCCCC(=O)OC(=O)CCCC=CCC=CCC=CCC=CCCCCC. The average molecular weight is 565 g/mol. The van der Waals surface area contributed by atoms with Gasteiger partial charge in [0.15, 0.2) is 0 Å². The lowest BCUT2D eigenvalue weighted by Gasteiger charge is -2.03. The van der Waals surface area contributed by atoms with E-state index in [1.165, 1.54) is 38.5 Å². The molecule has 3 nitrogen and oxygen atoms in total. The van der Waals surface area contributed by atoms with Crippen molar-refractivity contribution >= 4 is 11.9 Å². The molecule has 0 saturated carbocycles. The molecule has 0 aromatic heterocycles. The number of rotatable bonds is 27. The van der Waals surface area contributed by atoms with Crippen molar-refractivity contribution in [3.05, 3.63) is 85.1 Å². The number of hydrogen-bond acceptors (Lipinski definition) is 3. The van der Waals surface area contributed by atoms with Crippen LogP contribution in [0.3, 0.4) is 0 Å². The van der Waals surface area contributed by atoms with Crippen molar-refractivity contribution in [2.24, 2.45) is 0 Å². The average Bonchev–Trinajstić information content (AvgIpc) is 2.96. The fraction of sp³-hybridized carbons (Fsp3) is 0.579. The Balaban J connectivity index is 3.56. The molecular weight excluding hydrogens is 504 g/mol. The molecular formula is C38H60O3. The Labute approximate surface area is 253 Å². The minimum Gasteiger partial charge on any atom is -0.393 e. The molecule has 0 radical (unpaired) electrons. The maximum atomic E-state index is 11.9. The summed E-state index contributed by atoms with van der Waals surface area (Å²) >= 11 is 0. The van der Waals surface area contributed by atoms with Gasteiger partial charge in [-0.05, 0) is 83.5 Å². The quantitative estimate of drug-likeness (QED) is 0.0431. The van der Waals surface area contributed by atoms with Crippen molar-refractivity contribution in [2.45, 2.75) is 142 Å². The second-order valence-corrected chi connectivity index (χ2v) is 10.4. The van der Waals surface area contributed by atoms with E-state index in [0.717, 1.165) is 70.6 Å². The highest BCUT2D eigenvalue weighted by atomic mass is 16.6. The van der Waals surface area contributed by atoms with Crippen molar-refractivity contribution in [1.29, 1.82) is 0 Å². The van der Waals surface area contributed by atoms with Gasteiger partial charge < -0.3 is 4.74 Å². The molecule has 0 aliphatic carbocycles. The molecule has 41 heavy (non-hydrogen) atoms. The van der Waals surface area contributed by atoms with Crippen LogP contribution in [0.4, 0.5) is 0 Å². The van der Waals surface area contributed by atoms with Crippen LogP contribution in [-0.4, -0.2) is 11.9 Å². The van der Waals surface area contributed by atoms with E-state index >= 15 is 0 Å². The standard InChI is InChI=1S/C38H60O3/c1-3-5-7-9-11-13-15-17-19-20-22-24-26-28-30-32-34-36-38(40)41-37(39)35-33-31-29-27-25-23-21-18-16-14-12-10-8-6-4-2/h6,8,11-14,17-19,21-22,24,28,30H,3-5,7,9-10,15-16,20,23,25-27,29,31-36H2,1-2H3/b8-6-,13-11?,14-12-,19-17?,21-18-,24-22?,30-28?. The smallest absolute Gasteiger partial charge is 0.313 e. The molecule has 0 aliphatic rings. The third-order valence-electron chi connectivity index (χ3n) is 6.47. The summed E-state index contributed by atoms with van der Waals surface area (Å²) in [4.78, 5) is 23.8. The lowest BCUT2D eigenvalue weighted by atomic mass is 10.1. The van der Waals surface area contributed by atoms with Crippen LogP contribution < -0.4 is 0 Å². The van der Waals surface area contributed by atoms with Crippen LogP contribution >= 0.6 is 0 Å². The highest BCUT2D eigenvalue weighted by Gasteiger charge is 2.09. The van der Waals surface area contributed by atoms with Gasteiger partial charge in [0.2, 0.25) is 0 Å². The molecule has 0 atom stereocenters. The summed E-state index contributed by atoms with van der Waals surface area (Å²) in [5, 5.41) is 0. The van der Waals surface area contributed by atoms with Crippen LogP contribution in [0.15, 0.2) is 85.1 Å². The Morgan fingerprint density at radius 2 is 0.780 bits per heavy atom. The second-order valence-electron chi connectivity index (χ2n) is 10.4. The van der Waals surface area contributed by atoms with E-state index in [4.69, 9.17) is 4.74 Å². The number of carbonyl (C=O) groups is 2. The molecule has 0 heterocycles. The first-order valence-corrected chi connectivity index (χ1v) is 16.5. The third kappa shape index (κ3) is 33.4. The molecule has 0 unspecified atom stereocenters. The molecule has 0 N–H and O–H groups in total. The van der Waals surface area contributed by atoms with Crippen LogP contribution in [0.2, 0.25) is 0 Å². The third-order valence-corrected chi connectivity index (χ3v) is 6.47. The van der Waals surface area contributed by atoms with E-state index in [-0.39, 0.29) is 5.97 Å². The van der Waals surface area contributed by atoms with E-state index in [0.29, 0.717) is 19.3 Å². The van der Waals surface area contributed by atoms with Crippen LogP contribution in [0, 0.1) is 0 Å². The second kappa shape index (κ2) is 33.5. The summed E-state index contributed by atoms with van der Waals surface area (Å²) in [6.45, 7) is 4.39. The zero-order valence-corrected chi connectivity index (χ0v) is 26.4. The highest BCUT2D eigenvalue weighted by Crippen LogP contribution is 2.09. The fourth-order valence-electron chi connectivity index (χ4n) is 4.04. The van der Waals surface area contributed by atoms with E-state index < -0.39 is 5.97 Å². The molecule has 3 heteroatoms. The summed E-state index contributed by atoms with van der Waals surface area (Å²) in [6, 6.07) is 0. The zero-order valence-electron chi connectivity index (χ0n) is 26.4. The number of ether oxygens (including phenoxy) is 1. The number of carbonyl (C=O) groups excluding carboxylic acids is 2. The van der Waals surface area contributed by atoms with Gasteiger partial charge in [0.25, 0.3) is 0 Å². The summed E-state index contributed by atoms with van der Waals surface area (Å²) < 4.78 is 4.96. The Hall–Kier alpha value is -2.68. The van der Waals surface area contributed by atoms with E-state index in [9.17, 15) is 9.59 Å². The minimum absolute atomic E-state index is 0.295. The first-order valence-electron chi connectivity index (χ1n) is 16.5. The summed E-state index contributed by atoms with van der Waals surface area (Å²) in [7, 11) is 0. The normalized spacial score (nSPS) is 12.6. The van der Waals surface area contributed by atoms with Gasteiger partial charge in [-0.3, -0.25) is 9.59 Å². The van der Waals surface area contributed by atoms with Crippen LogP contribution in [-0.2, 0) is 14.3 Å². The molecule has 0 aliphatic heterocycles. The van der Waals surface area contributed by atoms with Gasteiger partial charge in [-0.1, -0.05) is 131 Å². The van der Waals surface area contributed by atoms with E-state index in [1.54, 1.807) is 0 Å². The predicted octanol–water partition coefficient (Wildman–Crippen LogP) is 11.8. The molecule has 0 rings (SSSR count). The summed E-state index contributed by atoms with van der Waals surface area (Å²) in [5.74, 6) is -0.779. The summed E-state index contributed by atoms with van der Waals surface area (Å²) in [5.41, 5.74) is 0. The van der Waals surface area contributed by atoms with E-state index in [2.05, 4.69) is 98.9 Å². The van der Waals surface area contributed by atoms with Crippen molar-refractivity contribution in [3.8, 4) is 0 Å². The molecule has 0 aromatic rings. The maximum Gasteiger partial charge on any atom is 0.313 e. The largest absolute Gasteiger partial charge is 0.393 e. The molecule has 0 fully saturated rings. The Bertz CT molecular complexity index is 807. The Morgan fingerprint density at radius 3 is 1.27 bits per heavy atom.